The molecule has 0 fully saturated rings. The van der Waals surface area contributed by atoms with Crippen LogP contribution in [0.25, 0.3) is 22.0 Å². The van der Waals surface area contributed by atoms with Gasteiger partial charge in [0.15, 0.2) is 0 Å². The fourth-order valence-corrected chi connectivity index (χ4v) is 4.12. The van der Waals surface area contributed by atoms with Gasteiger partial charge in [-0.1, -0.05) is 35.3 Å². The summed E-state index contributed by atoms with van der Waals surface area (Å²) in [5, 5.41) is 23.0. The molecule has 0 aliphatic carbocycles. The Labute approximate surface area is 210 Å². The van der Waals surface area contributed by atoms with Gasteiger partial charge >= 0.3 is 5.97 Å². The number of halogens is 2. The first kappa shape index (κ1) is 24.4. The predicted octanol–water partition coefficient (Wildman–Crippen LogP) is 5.40. The number of aliphatic carboxylic acids is 1. The number of hydrogen-bond acceptors (Lipinski definition) is 6. The third kappa shape index (κ3) is 5.67. The molecule has 0 bridgehead atoms. The van der Waals surface area contributed by atoms with Gasteiger partial charge in [0, 0.05) is 47.3 Å². The summed E-state index contributed by atoms with van der Waals surface area (Å²) in [7, 11) is 1.58. The van der Waals surface area contributed by atoms with E-state index in [1.54, 1.807) is 25.3 Å². The summed E-state index contributed by atoms with van der Waals surface area (Å²) in [6.07, 6.45) is 3.07. The van der Waals surface area contributed by atoms with Gasteiger partial charge in [0.2, 0.25) is 5.91 Å². The van der Waals surface area contributed by atoms with Gasteiger partial charge in [-0.2, -0.15) is 5.10 Å². The number of fused-ring (bicyclic) bond motifs is 1. The Hall–Kier alpha value is -3.75. The van der Waals surface area contributed by atoms with E-state index >= 15 is 0 Å². The maximum absolute atomic E-state index is 12.1. The zero-order valence-corrected chi connectivity index (χ0v) is 20.1. The summed E-state index contributed by atoms with van der Waals surface area (Å²) >= 11 is 12.6. The number of nitrogens with zero attached hydrogens (tertiary/aromatic N) is 3. The molecule has 2 N–H and O–H groups in total. The van der Waals surface area contributed by atoms with Gasteiger partial charge < -0.3 is 15.2 Å². The van der Waals surface area contributed by atoms with Crippen molar-refractivity contribution in [3.8, 4) is 17.0 Å². The number of carbonyl (C=O) groups is 2. The van der Waals surface area contributed by atoms with E-state index in [1.165, 1.54) is 12.4 Å². The van der Waals surface area contributed by atoms with Crippen LogP contribution in [0.5, 0.6) is 5.75 Å². The number of nitrogens with one attached hydrogen (secondary N) is 1. The molecule has 0 radical (unpaired) electrons. The van der Waals surface area contributed by atoms with E-state index in [0.29, 0.717) is 44.9 Å². The Kier molecular flexibility index (Phi) is 7.43. The number of carboxylic acids is 1. The van der Waals surface area contributed by atoms with E-state index in [9.17, 15) is 9.59 Å². The van der Waals surface area contributed by atoms with E-state index in [4.69, 9.17) is 33.0 Å². The molecule has 0 unspecified atom stereocenters. The van der Waals surface area contributed by atoms with Gasteiger partial charge in [-0.05, 0) is 35.9 Å². The average molecular weight is 511 g/mol. The molecule has 35 heavy (non-hydrogen) atoms. The minimum atomic E-state index is -1.03. The van der Waals surface area contributed by atoms with Crippen LogP contribution in [-0.4, -0.2) is 39.3 Å². The molecule has 4 rings (SSSR count). The second-order valence-corrected chi connectivity index (χ2v) is 8.50. The van der Waals surface area contributed by atoms with Crippen molar-refractivity contribution < 1.29 is 19.4 Å². The van der Waals surface area contributed by atoms with Gasteiger partial charge in [-0.15, -0.1) is 5.10 Å². The maximum atomic E-state index is 12.1. The van der Waals surface area contributed by atoms with Crippen molar-refractivity contribution in [2.24, 2.45) is 0 Å². The number of anilines is 1. The van der Waals surface area contributed by atoms with E-state index in [1.807, 2.05) is 24.3 Å². The molecule has 8 nitrogen and oxygen atoms in total. The van der Waals surface area contributed by atoms with Crippen molar-refractivity contribution >= 4 is 51.5 Å². The summed E-state index contributed by atoms with van der Waals surface area (Å²) in [5.41, 5.74) is 3.22. The maximum Gasteiger partial charge on any atom is 0.303 e. The summed E-state index contributed by atoms with van der Waals surface area (Å²) in [6.45, 7) is 0. The highest BCUT2D eigenvalue weighted by Gasteiger charge is 2.16. The topological polar surface area (TPSA) is 114 Å². The number of rotatable bonds is 8. The highest BCUT2D eigenvalue weighted by atomic mass is 35.5. The average Bonchev–Trinajstić information content (AvgIpc) is 2.84. The molecule has 178 valence electrons. The lowest BCUT2D eigenvalue weighted by Gasteiger charge is -2.13. The van der Waals surface area contributed by atoms with Crippen LogP contribution in [0.4, 0.5) is 5.69 Å². The van der Waals surface area contributed by atoms with Crippen molar-refractivity contribution in [2.75, 3.05) is 12.4 Å². The smallest absolute Gasteiger partial charge is 0.303 e. The molecule has 0 aliphatic heterocycles. The van der Waals surface area contributed by atoms with Crippen LogP contribution in [-0.2, 0) is 16.0 Å². The Morgan fingerprint density at radius 1 is 1.00 bits per heavy atom. The number of ether oxygens (including phenoxy) is 1. The summed E-state index contributed by atoms with van der Waals surface area (Å²) in [4.78, 5) is 26.8. The van der Waals surface area contributed by atoms with Crippen LogP contribution in [0.2, 0.25) is 10.0 Å². The van der Waals surface area contributed by atoms with Gasteiger partial charge in [-0.3, -0.25) is 14.6 Å². The minimum absolute atomic E-state index is 0.117. The van der Waals surface area contributed by atoms with Crippen LogP contribution in [0.15, 0.2) is 54.9 Å². The van der Waals surface area contributed by atoms with E-state index < -0.39 is 5.97 Å². The van der Waals surface area contributed by atoms with Gasteiger partial charge in [0.25, 0.3) is 0 Å². The highest BCUT2D eigenvalue weighted by Crippen LogP contribution is 2.34. The number of hydrogen-bond donors (Lipinski definition) is 2. The zero-order valence-electron chi connectivity index (χ0n) is 18.6. The fraction of sp³-hybridized carbons (Fsp3) is 0.160. The predicted molar refractivity (Wildman–Crippen MR) is 134 cm³/mol. The fourth-order valence-electron chi connectivity index (χ4n) is 3.62. The molecule has 2 aromatic heterocycles. The lowest BCUT2D eigenvalue weighted by atomic mass is 10.00. The lowest BCUT2D eigenvalue weighted by molar-refractivity contribution is -0.138. The first-order valence-corrected chi connectivity index (χ1v) is 11.3. The summed E-state index contributed by atoms with van der Waals surface area (Å²) < 4.78 is 5.43. The molecular weight excluding hydrogens is 491 g/mol. The van der Waals surface area contributed by atoms with Crippen molar-refractivity contribution in [1.29, 1.82) is 0 Å². The molecule has 10 heteroatoms. The molecule has 0 saturated carbocycles. The summed E-state index contributed by atoms with van der Waals surface area (Å²) in [5.74, 6) is -0.765. The monoisotopic (exact) mass is 510 g/mol. The van der Waals surface area contributed by atoms with Crippen LogP contribution in [0.1, 0.15) is 24.1 Å². The molecule has 2 heterocycles. The largest absolute Gasteiger partial charge is 0.497 e. The molecule has 1 amide bonds. The number of aromatic nitrogens is 3. The first-order valence-electron chi connectivity index (χ1n) is 10.6. The zero-order chi connectivity index (χ0) is 24.9. The molecule has 4 aromatic rings. The standard InChI is InChI=1S/C25H20Cl2N4O4/c1-35-16-5-6-17-18(10-16)25(31-30-22(17)11-19-20(26)12-28-13-21(19)27)14-3-2-4-15(9-14)29-23(32)7-8-24(33)34/h2-6,9-10,12-13H,7-8,11H2,1H3,(H,29,32)(H,33,34). The lowest BCUT2D eigenvalue weighted by Crippen LogP contribution is -2.13. The molecule has 0 aliphatic rings. The van der Waals surface area contributed by atoms with Crippen LogP contribution in [0, 0.1) is 0 Å². The SMILES string of the molecule is COc1ccc2c(Cc3c(Cl)cncc3Cl)nnc(-c3cccc(NC(=O)CCC(=O)O)c3)c2c1. The Morgan fingerprint density at radius 3 is 2.49 bits per heavy atom. The van der Waals surface area contributed by atoms with E-state index in [-0.39, 0.29) is 18.7 Å². The minimum Gasteiger partial charge on any atom is -0.497 e. The number of pyridine rings is 1. The van der Waals surface area contributed by atoms with E-state index in [0.717, 1.165) is 16.3 Å². The molecule has 0 saturated heterocycles. The molecule has 0 spiro atoms. The van der Waals surface area contributed by atoms with Crippen LogP contribution in [0.3, 0.4) is 0 Å². The number of methoxy groups -OCH3 is 1. The first-order chi connectivity index (χ1) is 16.9. The Morgan fingerprint density at radius 2 is 1.77 bits per heavy atom. The molecule has 0 atom stereocenters. The van der Waals surface area contributed by atoms with Crippen molar-refractivity contribution in [3.63, 3.8) is 0 Å². The molecular formula is C25H20Cl2N4O4. The van der Waals surface area contributed by atoms with Crippen LogP contribution >= 0.6 is 23.2 Å². The third-order valence-electron chi connectivity index (χ3n) is 5.35. The quantitative estimate of drug-likeness (QED) is 0.326. The Balaban J connectivity index is 1.74. The number of amides is 1. The number of carboxylic acid groups (broad SMARTS) is 1. The van der Waals surface area contributed by atoms with Crippen molar-refractivity contribution in [3.05, 3.63) is 76.2 Å². The number of carbonyl (C=O) groups excluding carboxylic acids is 1. The normalized spacial score (nSPS) is 10.8. The van der Waals surface area contributed by atoms with Crippen LogP contribution < -0.4 is 10.1 Å². The van der Waals surface area contributed by atoms with E-state index in [2.05, 4.69) is 20.5 Å². The summed E-state index contributed by atoms with van der Waals surface area (Å²) in [6, 6.07) is 12.7. The van der Waals surface area contributed by atoms with Gasteiger partial charge in [0.1, 0.15) is 11.4 Å². The van der Waals surface area contributed by atoms with Crippen molar-refractivity contribution in [1.82, 2.24) is 15.2 Å². The highest BCUT2D eigenvalue weighted by molar-refractivity contribution is 6.35. The van der Waals surface area contributed by atoms with Gasteiger partial charge in [0.05, 0.1) is 29.3 Å². The molecule has 2 aromatic carbocycles. The number of benzene rings is 2. The Bertz CT molecular complexity index is 1410. The van der Waals surface area contributed by atoms with Gasteiger partial charge in [-0.25, -0.2) is 0 Å². The van der Waals surface area contributed by atoms with Crippen molar-refractivity contribution in [2.45, 2.75) is 19.3 Å². The second-order valence-electron chi connectivity index (χ2n) is 7.69. The third-order valence-corrected chi connectivity index (χ3v) is 6.00. The second kappa shape index (κ2) is 10.7.